The van der Waals surface area contributed by atoms with Gasteiger partial charge < -0.3 is 9.47 Å². The Bertz CT molecular complexity index is 478. The van der Waals surface area contributed by atoms with Crippen LogP contribution < -0.4 is 0 Å². The molecule has 22 heavy (non-hydrogen) atoms. The zero-order valence-corrected chi connectivity index (χ0v) is 13.1. The standard InChI is InChI=1S/C18H22O4/c1-3-5-7-13-21-17(19)15-9-11-16(12-10-15)18(20)22-14-8-6-4-2/h5-12H,3-4,13-14H2,1-2H3/b7-5-,8-6-. The quantitative estimate of drug-likeness (QED) is 0.539. The van der Waals surface area contributed by atoms with Crippen molar-refractivity contribution in [2.45, 2.75) is 26.7 Å². The number of ether oxygens (including phenoxy) is 2. The SMILES string of the molecule is CC/C=C\COC(=O)c1ccc(C(=O)OC/C=C\CC)cc1. The smallest absolute Gasteiger partial charge is 0.338 e. The summed E-state index contributed by atoms with van der Waals surface area (Å²) in [6.45, 7) is 4.52. The minimum Gasteiger partial charge on any atom is -0.458 e. The molecule has 0 atom stereocenters. The summed E-state index contributed by atoms with van der Waals surface area (Å²) in [6, 6.07) is 6.24. The predicted molar refractivity (Wildman–Crippen MR) is 85.9 cm³/mol. The van der Waals surface area contributed by atoms with Crippen LogP contribution in [-0.4, -0.2) is 25.2 Å². The number of esters is 2. The van der Waals surface area contributed by atoms with Gasteiger partial charge in [-0.1, -0.05) is 38.2 Å². The molecule has 0 unspecified atom stereocenters. The average Bonchev–Trinajstić information content (AvgIpc) is 2.55. The Morgan fingerprint density at radius 2 is 1.14 bits per heavy atom. The molecule has 118 valence electrons. The lowest BCUT2D eigenvalue weighted by molar-refractivity contribution is 0.0535. The number of rotatable bonds is 8. The molecule has 0 bridgehead atoms. The first-order valence-electron chi connectivity index (χ1n) is 7.43. The molecule has 0 N–H and O–H groups in total. The Hall–Kier alpha value is -2.36. The average molecular weight is 302 g/mol. The highest BCUT2D eigenvalue weighted by atomic mass is 16.5. The zero-order chi connectivity index (χ0) is 16.2. The molecule has 4 nitrogen and oxygen atoms in total. The van der Waals surface area contributed by atoms with E-state index in [4.69, 9.17) is 9.47 Å². The molecule has 1 rings (SSSR count). The lowest BCUT2D eigenvalue weighted by Crippen LogP contribution is -2.08. The molecule has 0 saturated heterocycles. The van der Waals surface area contributed by atoms with Gasteiger partial charge in [-0.3, -0.25) is 0 Å². The van der Waals surface area contributed by atoms with Crippen molar-refractivity contribution < 1.29 is 19.1 Å². The van der Waals surface area contributed by atoms with Crippen LogP contribution in [0.4, 0.5) is 0 Å². The highest BCUT2D eigenvalue weighted by molar-refractivity contribution is 5.93. The van der Waals surface area contributed by atoms with E-state index in [1.807, 2.05) is 26.0 Å². The fourth-order valence-electron chi connectivity index (χ4n) is 1.63. The van der Waals surface area contributed by atoms with E-state index >= 15 is 0 Å². The van der Waals surface area contributed by atoms with Gasteiger partial charge in [-0.05, 0) is 37.1 Å². The van der Waals surface area contributed by atoms with Gasteiger partial charge in [-0.15, -0.1) is 0 Å². The normalized spacial score (nSPS) is 11.0. The predicted octanol–water partition coefficient (Wildman–Crippen LogP) is 3.93. The molecule has 0 aromatic heterocycles. The fraction of sp³-hybridized carbons (Fsp3) is 0.333. The first-order chi connectivity index (χ1) is 10.7. The third kappa shape index (κ3) is 6.39. The number of carbonyl (C=O) groups is 2. The third-order valence-corrected chi connectivity index (χ3v) is 2.78. The van der Waals surface area contributed by atoms with Gasteiger partial charge in [0.25, 0.3) is 0 Å². The molecule has 0 spiro atoms. The summed E-state index contributed by atoms with van der Waals surface area (Å²) < 4.78 is 10.1. The summed E-state index contributed by atoms with van der Waals surface area (Å²) in [5, 5.41) is 0. The molecular weight excluding hydrogens is 280 g/mol. The monoisotopic (exact) mass is 302 g/mol. The Morgan fingerprint density at radius 1 is 0.773 bits per heavy atom. The first kappa shape index (κ1) is 17.7. The van der Waals surface area contributed by atoms with Crippen molar-refractivity contribution in [3.63, 3.8) is 0 Å². The molecule has 0 aliphatic rings. The summed E-state index contributed by atoms with van der Waals surface area (Å²) in [4.78, 5) is 23.5. The summed E-state index contributed by atoms with van der Waals surface area (Å²) in [6.07, 6.45) is 9.27. The van der Waals surface area contributed by atoms with Crippen LogP contribution in [0.1, 0.15) is 47.4 Å². The van der Waals surface area contributed by atoms with Crippen LogP contribution in [0.25, 0.3) is 0 Å². The second kappa shape index (κ2) is 10.4. The lowest BCUT2D eigenvalue weighted by Gasteiger charge is -2.04. The highest BCUT2D eigenvalue weighted by Gasteiger charge is 2.10. The van der Waals surface area contributed by atoms with Gasteiger partial charge in [0.05, 0.1) is 11.1 Å². The number of allylic oxidation sites excluding steroid dienone is 2. The fourth-order valence-corrected chi connectivity index (χ4v) is 1.63. The lowest BCUT2D eigenvalue weighted by atomic mass is 10.1. The van der Waals surface area contributed by atoms with Gasteiger partial charge >= 0.3 is 11.9 Å². The Kier molecular flexibility index (Phi) is 8.35. The van der Waals surface area contributed by atoms with Crippen LogP contribution in [0.5, 0.6) is 0 Å². The van der Waals surface area contributed by atoms with Gasteiger partial charge in [-0.2, -0.15) is 0 Å². The molecule has 1 aromatic rings. The molecule has 1 aromatic carbocycles. The zero-order valence-electron chi connectivity index (χ0n) is 13.1. The van der Waals surface area contributed by atoms with Gasteiger partial charge in [0.1, 0.15) is 13.2 Å². The van der Waals surface area contributed by atoms with E-state index < -0.39 is 11.9 Å². The second-order valence-corrected chi connectivity index (χ2v) is 4.53. The molecule has 4 heteroatoms. The maximum atomic E-state index is 11.8. The van der Waals surface area contributed by atoms with Crippen molar-refractivity contribution in [1.29, 1.82) is 0 Å². The largest absolute Gasteiger partial charge is 0.458 e. The van der Waals surface area contributed by atoms with Crippen molar-refractivity contribution in [3.8, 4) is 0 Å². The van der Waals surface area contributed by atoms with E-state index in [0.29, 0.717) is 11.1 Å². The Labute approximate surface area is 131 Å². The maximum Gasteiger partial charge on any atom is 0.338 e. The Morgan fingerprint density at radius 3 is 1.45 bits per heavy atom. The summed E-state index contributed by atoms with van der Waals surface area (Å²) in [5.74, 6) is -0.821. The van der Waals surface area contributed by atoms with Gasteiger partial charge in [0.15, 0.2) is 0 Å². The van der Waals surface area contributed by atoms with E-state index in [-0.39, 0.29) is 13.2 Å². The summed E-state index contributed by atoms with van der Waals surface area (Å²) in [7, 11) is 0. The molecule has 0 heterocycles. The van der Waals surface area contributed by atoms with Gasteiger partial charge in [0.2, 0.25) is 0 Å². The van der Waals surface area contributed by atoms with Crippen molar-refractivity contribution in [3.05, 3.63) is 59.7 Å². The van der Waals surface area contributed by atoms with Crippen molar-refractivity contribution in [2.75, 3.05) is 13.2 Å². The van der Waals surface area contributed by atoms with E-state index in [1.165, 1.54) is 0 Å². The number of carbonyl (C=O) groups excluding carboxylic acids is 2. The van der Waals surface area contributed by atoms with Crippen LogP contribution in [0.2, 0.25) is 0 Å². The molecule has 0 radical (unpaired) electrons. The number of hydrogen-bond donors (Lipinski definition) is 0. The first-order valence-corrected chi connectivity index (χ1v) is 7.43. The second-order valence-electron chi connectivity index (χ2n) is 4.53. The van der Waals surface area contributed by atoms with Crippen LogP contribution in [0.15, 0.2) is 48.6 Å². The topological polar surface area (TPSA) is 52.6 Å². The number of hydrogen-bond acceptors (Lipinski definition) is 4. The third-order valence-electron chi connectivity index (χ3n) is 2.78. The van der Waals surface area contributed by atoms with Crippen LogP contribution in [-0.2, 0) is 9.47 Å². The minimum atomic E-state index is -0.411. The molecule has 0 aliphatic carbocycles. The molecule has 0 fully saturated rings. The maximum absolute atomic E-state index is 11.8. The molecular formula is C18H22O4. The molecule has 0 amide bonds. The molecule has 0 saturated carbocycles. The molecule has 0 aliphatic heterocycles. The summed E-state index contributed by atoms with van der Waals surface area (Å²) in [5.41, 5.74) is 0.819. The van der Waals surface area contributed by atoms with Crippen molar-refractivity contribution >= 4 is 11.9 Å². The summed E-state index contributed by atoms with van der Waals surface area (Å²) >= 11 is 0. The van der Waals surface area contributed by atoms with E-state index in [0.717, 1.165) is 12.8 Å². The van der Waals surface area contributed by atoms with E-state index in [2.05, 4.69) is 0 Å². The van der Waals surface area contributed by atoms with E-state index in [9.17, 15) is 9.59 Å². The van der Waals surface area contributed by atoms with Crippen LogP contribution in [0, 0.1) is 0 Å². The Balaban J connectivity index is 2.51. The number of benzene rings is 1. The van der Waals surface area contributed by atoms with Gasteiger partial charge in [-0.25, -0.2) is 9.59 Å². The van der Waals surface area contributed by atoms with Crippen molar-refractivity contribution in [2.24, 2.45) is 0 Å². The van der Waals surface area contributed by atoms with Gasteiger partial charge in [0, 0.05) is 0 Å². The highest BCUT2D eigenvalue weighted by Crippen LogP contribution is 2.07. The van der Waals surface area contributed by atoms with Crippen LogP contribution in [0.3, 0.4) is 0 Å². The minimum absolute atomic E-state index is 0.250. The van der Waals surface area contributed by atoms with Crippen molar-refractivity contribution in [1.82, 2.24) is 0 Å². The van der Waals surface area contributed by atoms with Crippen LogP contribution >= 0.6 is 0 Å². The van der Waals surface area contributed by atoms with E-state index in [1.54, 1.807) is 36.4 Å².